The molecule has 0 saturated heterocycles. The smallest absolute Gasteiger partial charge is 0.248 e. The number of aromatic nitrogens is 1. The minimum atomic E-state index is -0.658. The number of hydrogen-bond donors (Lipinski definition) is 2. The molecule has 0 fully saturated rings. The minimum absolute atomic E-state index is 0.0759. The van der Waals surface area contributed by atoms with Crippen molar-refractivity contribution in [3.8, 4) is 22.8 Å². The summed E-state index contributed by atoms with van der Waals surface area (Å²) in [5.74, 6) is 0.826. The van der Waals surface area contributed by atoms with E-state index in [2.05, 4.69) is 15.6 Å². The molecule has 2 N–H and O–H groups in total. The molecule has 2 heterocycles. The molecule has 1 atom stereocenters. The van der Waals surface area contributed by atoms with Gasteiger partial charge >= 0.3 is 0 Å². The van der Waals surface area contributed by atoms with Gasteiger partial charge in [0.25, 0.3) is 0 Å². The number of benzene rings is 2. The lowest BCUT2D eigenvalue weighted by atomic mass is 10.0. The van der Waals surface area contributed by atoms with E-state index in [4.69, 9.17) is 9.47 Å². The van der Waals surface area contributed by atoms with Crippen LogP contribution in [0, 0.1) is 5.92 Å². The number of nitrogens with one attached hydrogen (secondary N) is 2. The number of carbonyl (C=O) groups is 2. The van der Waals surface area contributed by atoms with Gasteiger partial charge in [0, 0.05) is 10.9 Å². The fraction of sp³-hybridized carbons (Fsp3) is 0.261. The molecule has 1 aromatic heterocycles. The van der Waals surface area contributed by atoms with E-state index in [1.165, 1.54) is 11.3 Å². The van der Waals surface area contributed by atoms with Gasteiger partial charge in [-0.3, -0.25) is 9.59 Å². The van der Waals surface area contributed by atoms with E-state index in [1.807, 2.05) is 67.8 Å². The molecule has 0 radical (unpaired) electrons. The van der Waals surface area contributed by atoms with E-state index >= 15 is 0 Å². The monoisotopic (exact) mass is 437 g/mol. The van der Waals surface area contributed by atoms with Crippen molar-refractivity contribution in [3.63, 3.8) is 0 Å². The lowest BCUT2D eigenvalue weighted by Crippen LogP contribution is -2.47. The SMILES string of the molecule is CC(C)[C@H](NC(=O)Cc1ccccc1)C(=O)Nc1nc(-c2ccc3c(c2)OCO3)cs1. The van der Waals surface area contributed by atoms with Crippen LogP contribution in [-0.2, 0) is 16.0 Å². The van der Waals surface area contributed by atoms with Crippen molar-refractivity contribution in [2.75, 3.05) is 12.1 Å². The van der Waals surface area contributed by atoms with Crippen molar-refractivity contribution in [1.82, 2.24) is 10.3 Å². The van der Waals surface area contributed by atoms with Gasteiger partial charge in [-0.2, -0.15) is 0 Å². The quantitative estimate of drug-likeness (QED) is 0.586. The van der Waals surface area contributed by atoms with Crippen LogP contribution >= 0.6 is 11.3 Å². The average Bonchev–Trinajstić information content (AvgIpc) is 3.41. The molecule has 1 aliphatic heterocycles. The van der Waals surface area contributed by atoms with Crippen LogP contribution in [0.3, 0.4) is 0 Å². The maximum Gasteiger partial charge on any atom is 0.248 e. The Morgan fingerprint density at radius 3 is 2.65 bits per heavy atom. The molecular weight excluding hydrogens is 414 g/mol. The predicted molar refractivity (Wildman–Crippen MR) is 119 cm³/mol. The lowest BCUT2D eigenvalue weighted by Gasteiger charge is -2.21. The molecule has 0 bridgehead atoms. The van der Waals surface area contributed by atoms with E-state index in [0.29, 0.717) is 16.6 Å². The third-order valence-corrected chi connectivity index (χ3v) is 5.63. The molecule has 31 heavy (non-hydrogen) atoms. The standard InChI is InChI=1S/C23H23N3O4S/c1-14(2)21(25-20(27)10-15-6-4-3-5-7-15)22(28)26-23-24-17(12-31-23)16-8-9-18-19(11-16)30-13-29-18/h3-9,11-12,14,21H,10,13H2,1-2H3,(H,25,27)(H,24,26,28)/t21-/m0/s1. The van der Waals surface area contributed by atoms with Gasteiger partial charge < -0.3 is 20.1 Å². The zero-order valence-electron chi connectivity index (χ0n) is 17.3. The van der Waals surface area contributed by atoms with E-state index in [-0.39, 0.29) is 30.9 Å². The number of nitrogens with zero attached hydrogens (tertiary/aromatic N) is 1. The highest BCUT2D eigenvalue weighted by molar-refractivity contribution is 7.14. The Kier molecular flexibility index (Phi) is 6.18. The number of anilines is 1. The van der Waals surface area contributed by atoms with Crippen LogP contribution < -0.4 is 20.1 Å². The molecule has 7 nitrogen and oxygen atoms in total. The topological polar surface area (TPSA) is 89.6 Å². The molecule has 0 spiro atoms. The number of fused-ring (bicyclic) bond motifs is 1. The summed E-state index contributed by atoms with van der Waals surface area (Å²) in [4.78, 5) is 29.8. The normalized spacial score (nSPS) is 13.1. The van der Waals surface area contributed by atoms with Gasteiger partial charge in [-0.05, 0) is 29.7 Å². The highest BCUT2D eigenvalue weighted by Gasteiger charge is 2.25. The minimum Gasteiger partial charge on any atom is -0.454 e. The molecule has 2 amide bonds. The molecule has 2 aromatic carbocycles. The predicted octanol–water partition coefficient (Wildman–Crippen LogP) is 3.86. The molecular formula is C23H23N3O4S. The van der Waals surface area contributed by atoms with Gasteiger partial charge in [-0.25, -0.2) is 4.98 Å². The van der Waals surface area contributed by atoms with Crippen LogP contribution in [0.4, 0.5) is 5.13 Å². The van der Waals surface area contributed by atoms with Gasteiger partial charge in [-0.15, -0.1) is 11.3 Å². The summed E-state index contributed by atoms with van der Waals surface area (Å²) in [6.45, 7) is 4.00. The summed E-state index contributed by atoms with van der Waals surface area (Å²) < 4.78 is 10.7. The molecule has 0 unspecified atom stereocenters. The zero-order chi connectivity index (χ0) is 21.8. The zero-order valence-corrected chi connectivity index (χ0v) is 18.1. The van der Waals surface area contributed by atoms with E-state index in [1.54, 1.807) is 0 Å². The van der Waals surface area contributed by atoms with E-state index in [9.17, 15) is 9.59 Å². The van der Waals surface area contributed by atoms with Gasteiger partial charge in [-0.1, -0.05) is 44.2 Å². The van der Waals surface area contributed by atoms with Crippen LogP contribution in [0.1, 0.15) is 19.4 Å². The largest absolute Gasteiger partial charge is 0.454 e. The first-order valence-corrected chi connectivity index (χ1v) is 10.9. The molecule has 160 valence electrons. The first-order valence-electron chi connectivity index (χ1n) is 9.99. The van der Waals surface area contributed by atoms with Crippen LogP contribution in [0.15, 0.2) is 53.9 Å². The maximum atomic E-state index is 12.8. The molecule has 0 aliphatic carbocycles. The maximum absolute atomic E-state index is 12.8. The third kappa shape index (κ3) is 5.03. The Morgan fingerprint density at radius 1 is 1.10 bits per heavy atom. The number of ether oxygens (including phenoxy) is 2. The summed E-state index contributed by atoms with van der Waals surface area (Å²) in [6, 6.07) is 14.4. The summed E-state index contributed by atoms with van der Waals surface area (Å²) in [5.41, 5.74) is 2.50. The number of thiazole rings is 1. The Labute approximate surface area is 184 Å². The Bertz CT molecular complexity index is 1080. The van der Waals surface area contributed by atoms with Crippen LogP contribution in [0.5, 0.6) is 11.5 Å². The first kappa shape index (κ1) is 20.9. The lowest BCUT2D eigenvalue weighted by molar-refractivity contribution is -0.127. The van der Waals surface area contributed by atoms with Crippen molar-refractivity contribution in [3.05, 3.63) is 59.5 Å². The van der Waals surface area contributed by atoms with Gasteiger partial charge in [0.15, 0.2) is 16.6 Å². The van der Waals surface area contributed by atoms with Crippen molar-refractivity contribution in [1.29, 1.82) is 0 Å². The fourth-order valence-electron chi connectivity index (χ4n) is 3.24. The molecule has 3 aromatic rings. The van der Waals surface area contributed by atoms with Crippen LogP contribution in [0.25, 0.3) is 11.3 Å². The second kappa shape index (κ2) is 9.18. The highest BCUT2D eigenvalue weighted by atomic mass is 32.1. The molecule has 0 saturated carbocycles. The second-order valence-corrected chi connectivity index (χ2v) is 8.40. The molecule has 8 heteroatoms. The number of hydrogen-bond acceptors (Lipinski definition) is 6. The third-order valence-electron chi connectivity index (χ3n) is 4.88. The van der Waals surface area contributed by atoms with Crippen LogP contribution in [0.2, 0.25) is 0 Å². The molecule has 4 rings (SSSR count). The first-order chi connectivity index (χ1) is 15.0. The van der Waals surface area contributed by atoms with Crippen LogP contribution in [-0.4, -0.2) is 29.6 Å². The van der Waals surface area contributed by atoms with Crippen molar-refractivity contribution in [2.24, 2.45) is 5.92 Å². The summed E-state index contributed by atoms with van der Waals surface area (Å²) >= 11 is 1.33. The van der Waals surface area contributed by atoms with Gasteiger partial charge in [0.2, 0.25) is 18.6 Å². The number of rotatable bonds is 7. The van der Waals surface area contributed by atoms with E-state index in [0.717, 1.165) is 16.8 Å². The Balaban J connectivity index is 1.40. The summed E-state index contributed by atoms with van der Waals surface area (Å²) in [5, 5.41) is 8.02. The second-order valence-electron chi connectivity index (χ2n) is 7.55. The average molecular weight is 438 g/mol. The van der Waals surface area contributed by atoms with Gasteiger partial charge in [0.05, 0.1) is 12.1 Å². The number of carbonyl (C=O) groups excluding carboxylic acids is 2. The summed E-state index contributed by atoms with van der Waals surface area (Å²) in [6.07, 6.45) is 0.225. The van der Waals surface area contributed by atoms with Crippen molar-refractivity contribution in [2.45, 2.75) is 26.3 Å². The molecule has 1 aliphatic rings. The Hall–Kier alpha value is -3.39. The van der Waals surface area contributed by atoms with Crippen molar-refractivity contribution >= 4 is 28.3 Å². The van der Waals surface area contributed by atoms with Crippen molar-refractivity contribution < 1.29 is 19.1 Å². The highest BCUT2D eigenvalue weighted by Crippen LogP contribution is 2.36. The summed E-state index contributed by atoms with van der Waals surface area (Å²) in [7, 11) is 0. The fourth-order valence-corrected chi connectivity index (χ4v) is 3.97. The van der Waals surface area contributed by atoms with Gasteiger partial charge in [0.1, 0.15) is 6.04 Å². The Morgan fingerprint density at radius 2 is 1.87 bits per heavy atom. The van der Waals surface area contributed by atoms with E-state index < -0.39 is 6.04 Å². The number of amides is 2.